The van der Waals surface area contributed by atoms with Gasteiger partial charge in [-0.25, -0.2) is 0 Å². The molecule has 1 aliphatic heterocycles. The van der Waals surface area contributed by atoms with Crippen LogP contribution < -0.4 is 15.8 Å². The van der Waals surface area contributed by atoms with E-state index in [1.165, 1.54) is 0 Å². The summed E-state index contributed by atoms with van der Waals surface area (Å²) < 4.78 is 11.0. The minimum atomic E-state index is -0.525. The molecule has 26 heavy (non-hydrogen) atoms. The van der Waals surface area contributed by atoms with Crippen molar-refractivity contribution in [2.75, 3.05) is 18.5 Å². The molecule has 0 bridgehead atoms. The highest BCUT2D eigenvalue weighted by atomic mass is 35.5. The molecule has 1 aliphatic rings. The topological polar surface area (TPSA) is 73.6 Å². The van der Waals surface area contributed by atoms with Crippen LogP contribution in [0.1, 0.15) is 12.8 Å². The molecule has 1 heterocycles. The number of halogens is 2. The van der Waals surface area contributed by atoms with Crippen molar-refractivity contribution in [1.82, 2.24) is 0 Å². The highest BCUT2D eigenvalue weighted by molar-refractivity contribution is 6.32. The minimum absolute atomic E-state index is 0. The average Bonchev–Trinajstić information content (AvgIpc) is 2.65. The molecule has 0 radical (unpaired) electrons. The maximum Gasteiger partial charge on any atom is 0.241 e. The van der Waals surface area contributed by atoms with Crippen LogP contribution in [0.3, 0.4) is 0 Å². The Kier molecular flexibility index (Phi) is 7.72. The van der Waals surface area contributed by atoms with Gasteiger partial charge in [0.1, 0.15) is 11.5 Å². The van der Waals surface area contributed by atoms with Crippen LogP contribution >= 0.6 is 24.0 Å². The van der Waals surface area contributed by atoms with Crippen molar-refractivity contribution in [2.45, 2.75) is 18.9 Å². The summed E-state index contributed by atoms with van der Waals surface area (Å²) in [4.78, 5) is 12.3. The summed E-state index contributed by atoms with van der Waals surface area (Å²) in [5.74, 6) is 1.21. The molecular weight excluding hydrogens is 375 g/mol. The van der Waals surface area contributed by atoms with Crippen molar-refractivity contribution in [2.24, 2.45) is 11.7 Å². The number of ether oxygens (including phenoxy) is 2. The third kappa shape index (κ3) is 5.35. The minimum Gasteiger partial charge on any atom is -0.456 e. The number of carbonyl (C=O) groups excluding carboxylic acids is 1. The zero-order valence-electron chi connectivity index (χ0n) is 14.2. The van der Waals surface area contributed by atoms with Gasteiger partial charge in [-0.15, -0.1) is 12.4 Å². The normalized spacial score (nSPS) is 15.6. The van der Waals surface area contributed by atoms with Gasteiger partial charge in [0.2, 0.25) is 5.91 Å². The highest BCUT2D eigenvalue weighted by Gasteiger charge is 2.26. The van der Waals surface area contributed by atoms with Gasteiger partial charge in [-0.2, -0.15) is 0 Å². The molecule has 3 N–H and O–H groups in total. The van der Waals surface area contributed by atoms with Crippen LogP contribution in [0, 0.1) is 5.92 Å². The maximum atomic E-state index is 12.3. The van der Waals surface area contributed by atoms with Crippen LogP contribution in [0.15, 0.2) is 48.5 Å². The maximum absolute atomic E-state index is 12.3. The Morgan fingerprint density at radius 1 is 1.15 bits per heavy atom. The molecule has 1 atom stereocenters. The SMILES string of the molecule is Cl.NC(C(=O)Nc1ccc(Oc2ccccc2Cl)cc1)C1CCOCC1. The first kappa shape index (κ1) is 20.5. The van der Waals surface area contributed by atoms with Crippen LogP contribution in [-0.2, 0) is 9.53 Å². The lowest BCUT2D eigenvalue weighted by Gasteiger charge is -2.26. The molecule has 1 unspecified atom stereocenters. The molecule has 2 aromatic rings. The number of rotatable bonds is 5. The Hall–Kier alpha value is -1.79. The van der Waals surface area contributed by atoms with E-state index in [2.05, 4.69) is 5.32 Å². The molecule has 0 spiro atoms. The van der Waals surface area contributed by atoms with Crippen molar-refractivity contribution in [1.29, 1.82) is 0 Å². The Morgan fingerprint density at radius 3 is 2.46 bits per heavy atom. The van der Waals surface area contributed by atoms with Crippen LogP contribution in [0.4, 0.5) is 5.69 Å². The summed E-state index contributed by atoms with van der Waals surface area (Å²) in [5.41, 5.74) is 6.76. The number of carbonyl (C=O) groups is 1. The molecule has 1 saturated heterocycles. The second-order valence-electron chi connectivity index (χ2n) is 6.02. The summed E-state index contributed by atoms with van der Waals surface area (Å²) >= 11 is 6.08. The molecule has 3 rings (SSSR count). The van der Waals surface area contributed by atoms with E-state index < -0.39 is 6.04 Å². The van der Waals surface area contributed by atoms with E-state index in [0.717, 1.165) is 12.8 Å². The van der Waals surface area contributed by atoms with Crippen molar-refractivity contribution in [3.8, 4) is 11.5 Å². The number of hydrogen-bond acceptors (Lipinski definition) is 4. The van der Waals surface area contributed by atoms with Gasteiger partial charge < -0.3 is 20.5 Å². The van der Waals surface area contributed by atoms with E-state index in [4.69, 9.17) is 26.8 Å². The van der Waals surface area contributed by atoms with Crippen LogP contribution in [0.5, 0.6) is 11.5 Å². The first-order valence-electron chi connectivity index (χ1n) is 8.30. The summed E-state index contributed by atoms with van der Waals surface area (Å²) in [7, 11) is 0. The molecule has 140 valence electrons. The monoisotopic (exact) mass is 396 g/mol. The Balaban J connectivity index is 0.00000243. The lowest BCUT2D eigenvalue weighted by atomic mass is 9.92. The van der Waals surface area contributed by atoms with Crippen molar-refractivity contribution >= 4 is 35.6 Å². The zero-order chi connectivity index (χ0) is 17.6. The first-order valence-corrected chi connectivity index (χ1v) is 8.68. The lowest BCUT2D eigenvalue weighted by molar-refractivity contribution is -0.119. The van der Waals surface area contributed by atoms with Crippen molar-refractivity contribution in [3.05, 3.63) is 53.6 Å². The second-order valence-corrected chi connectivity index (χ2v) is 6.43. The standard InChI is InChI=1S/C19H21ClN2O3.ClH/c20-16-3-1-2-4-17(16)25-15-7-5-14(6-8-15)22-19(23)18(21)13-9-11-24-12-10-13;/h1-8,13,18H,9-12,21H2,(H,22,23);1H. The Labute approximate surface area is 164 Å². The molecule has 2 aromatic carbocycles. The quantitative estimate of drug-likeness (QED) is 0.791. The lowest BCUT2D eigenvalue weighted by Crippen LogP contribution is -2.43. The summed E-state index contributed by atoms with van der Waals surface area (Å²) in [5, 5.41) is 3.40. The first-order chi connectivity index (χ1) is 12.1. The number of amides is 1. The van der Waals surface area contributed by atoms with Crippen LogP contribution in [0.25, 0.3) is 0 Å². The summed E-state index contributed by atoms with van der Waals surface area (Å²) in [6, 6.07) is 13.8. The van der Waals surface area contributed by atoms with Crippen molar-refractivity contribution in [3.63, 3.8) is 0 Å². The average molecular weight is 397 g/mol. The third-order valence-corrected chi connectivity index (χ3v) is 4.58. The molecule has 0 saturated carbocycles. The number of hydrogen-bond donors (Lipinski definition) is 2. The number of benzene rings is 2. The van der Waals surface area contributed by atoms with Gasteiger partial charge in [0.15, 0.2) is 0 Å². The van der Waals surface area contributed by atoms with Gasteiger partial charge in [-0.05, 0) is 55.2 Å². The van der Waals surface area contributed by atoms with E-state index >= 15 is 0 Å². The predicted molar refractivity (Wildman–Crippen MR) is 105 cm³/mol. The van der Waals surface area contributed by atoms with Crippen LogP contribution in [0.2, 0.25) is 5.02 Å². The van der Waals surface area contributed by atoms with E-state index in [0.29, 0.717) is 35.4 Å². The van der Waals surface area contributed by atoms with Gasteiger partial charge in [-0.3, -0.25) is 4.79 Å². The van der Waals surface area contributed by atoms with Gasteiger partial charge in [0.25, 0.3) is 0 Å². The molecule has 0 aliphatic carbocycles. The number of nitrogens with two attached hydrogens (primary N) is 1. The fraction of sp³-hybridized carbons (Fsp3) is 0.316. The van der Waals surface area contributed by atoms with Crippen LogP contribution in [-0.4, -0.2) is 25.2 Å². The summed E-state index contributed by atoms with van der Waals surface area (Å²) in [6.45, 7) is 1.33. The Bertz CT molecular complexity index is 719. The number of para-hydroxylation sites is 1. The molecule has 1 fully saturated rings. The van der Waals surface area contributed by atoms with E-state index in [9.17, 15) is 4.79 Å². The Morgan fingerprint density at radius 2 is 1.81 bits per heavy atom. The fourth-order valence-corrected chi connectivity index (χ4v) is 2.95. The smallest absolute Gasteiger partial charge is 0.241 e. The van der Waals surface area contributed by atoms with Gasteiger partial charge in [0.05, 0.1) is 11.1 Å². The zero-order valence-corrected chi connectivity index (χ0v) is 15.8. The third-order valence-electron chi connectivity index (χ3n) is 4.26. The number of anilines is 1. The van der Waals surface area contributed by atoms with Crippen molar-refractivity contribution < 1.29 is 14.3 Å². The van der Waals surface area contributed by atoms with E-state index in [1.54, 1.807) is 36.4 Å². The molecule has 7 heteroatoms. The number of nitrogens with one attached hydrogen (secondary N) is 1. The molecule has 5 nitrogen and oxygen atoms in total. The molecule has 0 aromatic heterocycles. The van der Waals surface area contributed by atoms with Gasteiger partial charge in [-0.1, -0.05) is 23.7 Å². The molecular formula is C19H22Cl2N2O3. The van der Waals surface area contributed by atoms with E-state index in [-0.39, 0.29) is 24.2 Å². The summed E-state index contributed by atoms with van der Waals surface area (Å²) in [6.07, 6.45) is 1.64. The van der Waals surface area contributed by atoms with Gasteiger partial charge >= 0.3 is 0 Å². The highest BCUT2D eigenvalue weighted by Crippen LogP contribution is 2.29. The predicted octanol–water partition coefficient (Wildman–Crippen LogP) is 4.25. The fourth-order valence-electron chi connectivity index (χ4n) is 2.78. The van der Waals surface area contributed by atoms with Gasteiger partial charge in [0, 0.05) is 18.9 Å². The molecule has 1 amide bonds. The van der Waals surface area contributed by atoms with E-state index in [1.807, 2.05) is 12.1 Å². The second kappa shape index (κ2) is 9.78. The largest absolute Gasteiger partial charge is 0.456 e.